The molecule has 1 aromatic heterocycles. The van der Waals surface area contributed by atoms with Crippen LogP contribution >= 0.6 is 0 Å². The van der Waals surface area contributed by atoms with Crippen molar-refractivity contribution < 1.29 is 23.8 Å². The summed E-state index contributed by atoms with van der Waals surface area (Å²) in [4.78, 5) is 12.3. The molecule has 4 heterocycles. The van der Waals surface area contributed by atoms with E-state index in [2.05, 4.69) is 16.2 Å². The molecule has 3 aliphatic heterocycles. The van der Waals surface area contributed by atoms with Gasteiger partial charge in [-0.2, -0.15) is 0 Å². The summed E-state index contributed by atoms with van der Waals surface area (Å²) < 4.78 is 27.2. The fourth-order valence-electron chi connectivity index (χ4n) is 5.60. The average molecular weight is 505 g/mol. The number of aliphatic hydroxyl groups excluding tert-OH is 1. The Balaban J connectivity index is 1.40. The van der Waals surface area contributed by atoms with E-state index in [-0.39, 0.29) is 17.8 Å². The fourth-order valence-corrected chi connectivity index (χ4v) is 5.60. The van der Waals surface area contributed by atoms with Gasteiger partial charge in [-0.25, -0.2) is 9.37 Å². The van der Waals surface area contributed by atoms with Gasteiger partial charge in [0.25, 0.3) is 5.72 Å². The van der Waals surface area contributed by atoms with Crippen molar-refractivity contribution >= 4 is 11.9 Å². The van der Waals surface area contributed by atoms with Crippen LogP contribution in [0.1, 0.15) is 29.7 Å². The number of nitrogens with zero attached hydrogens (tertiary/aromatic N) is 4. The lowest BCUT2D eigenvalue weighted by atomic mass is 9.75. The van der Waals surface area contributed by atoms with Gasteiger partial charge in [0.1, 0.15) is 18.2 Å². The van der Waals surface area contributed by atoms with Crippen molar-refractivity contribution in [3.8, 4) is 11.4 Å². The third kappa shape index (κ3) is 3.98. The zero-order valence-corrected chi connectivity index (χ0v) is 20.9. The van der Waals surface area contributed by atoms with Crippen LogP contribution in [-0.2, 0) is 15.3 Å². The average Bonchev–Trinajstić information content (AvgIpc) is 3.64. The van der Waals surface area contributed by atoms with Crippen molar-refractivity contribution in [2.75, 3.05) is 33.5 Å². The maximum Gasteiger partial charge on any atom is 0.260 e. The van der Waals surface area contributed by atoms with E-state index in [1.54, 1.807) is 25.6 Å². The third-order valence-electron chi connectivity index (χ3n) is 7.55. The summed E-state index contributed by atoms with van der Waals surface area (Å²) in [5, 5.41) is 15.0. The second-order valence-corrected chi connectivity index (χ2v) is 10.0. The van der Waals surface area contributed by atoms with Crippen molar-refractivity contribution in [3.05, 3.63) is 83.2 Å². The highest BCUT2D eigenvalue weighted by molar-refractivity contribution is 6.04. The quantitative estimate of drug-likeness (QED) is 0.566. The summed E-state index contributed by atoms with van der Waals surface area (Å²) in [7, 11) is 1.65. The Labute approximate surface area is 214 Å². The fraction of sp³-hybridized carbons (Fsp3) is 0.357. The van der Waals surface area contributed by atoms with Gasteiger partial charge in [-0.1, -0.05) is 11.2 Å². The molecule has 1 N–H and O–H groups in total. The maximum atomic E-state index is 13.7. The number of rotatable bonds is 5. The van der Waals surface area contributed by atoms with Crippen LogP contribution in [0.15, 0.2) is 65.7 Å². The summed E-state index contributed by atoms with van der Waals surface area (Å²) in [5.41, 5.74) is 3.04. The molecule has 6 rings (SSSR count). The molecule has 2 unspecified atom stereocenters. The highest BCUT2D eigenvalue weighted by Gasteiger charge is 2.55. The number of ether oxygens (including phenoxy) is 2. The van der Waals surface area contributed by atoms with Crippen molar-refractivity contribution in [2.45, 2.75) is 25.5 Å². The largest absolute Gasteiger partial charge is 0.495 e. The SMILES string of the molecule is COc1cc(C=C2CC3(CCOC3)CN3C2=NOC3(CO)c2ccc(F)cc2)ccc1-n1cnc(C)c1. The number of imidazole rings is 1. The van der Waals surface area contributed by atoms with Crippen LogP contribution in [0.5, 0.6) is 5.75 Å². The Bertz CT molecular complexity index is 1380. The second-order valence-electron chi connectivity index (χ2n) is 10.0. The number of fused-ring (bicyclic) bond motifs is 1. The van der Waals surface area contributed by atoms with Crippen LogP contribution in [0, 0.1) is 18.2 Å². The number of halogens is 1. The number of piperidine rings is 1. The minimum Gasteiger partial charge on any atom is -0.495 e. The molecule has 2 aromatic carbocycles. The van der Waals surface area contributed by atoms with Crippen molar-refractivity contribution in [3.63, 3.8) is 0 Å². The minimum absolute atomic E-state index is 0.142. The molecule has 1 spiro atoms. The topological polar surface area (TPSA) is 81.3 Å². The number of aromatic nitrogens is 2. The molecule has 2 fully saturated rings. The number of hydrogen-bond donors (Lipinski definition) is 1. The predicted molar refractivity (Wildman–Crippen MR) is 136 cm³/mol. The highest BCUT2D eigenvalue weighted by atomic mass is 19.1. The van der Waals surface area contributed by atoms with Crippen LogP contribution in [0.2, 0.25) is 0 Å². The Morgan fingerprint density at radius 2 is 2.05 bits per heavy atom. The van der Waals surface area contributed by atoms with E-state index in [1.807, 2.05) is 40.8 Å². The van der Waals surface area contributed by atoms with E-state index in [4.69, 9.17) is 14.3 Å². The van der Waals surface area contributed by atoms with Crippen molar-refractivity contribution in [1.29, 1.82) is 0 Å². The number of benzene rings is 2. The second kappa shape index (κ2) is 9.00. The predicted octanol–water partition coefficient (Wildman–Crippen LogP) is 4.01. The van der Waals surface area contributed by atoms with Crippen LogP contribution in [0.3, 0.4) is 0 Å². The summed E-state index contributed by atoms with van der Waals surface area (Å²) in [5.74, 6) is 1.04. The Kier molecular flexibility index (Phi) is 5.77. The zero-order chi connectivity index (χ0) is 25.6. The molecule has 0 aliphatic carbocycles. The van der Waals surface area contributed by atoms with Gasteiger partial charge in [-0.3, -0.25) is 0 Å². The number of methoxy groups -OCH3 is 1. The molecule has 0 amide bonds. The smallest absolute Gasteiger partial charge is 0.260 e. The number of aryl methyl sites for hydroxylation is 1. The molecule has 2 atom stereocenters. The van der Waals surface area contributed by atoms with E-state index in [1.165, 1.54) is 12.1 Å². The first-order chi connectivity index (χ1) is 17.9. The molecule has 3 aliphatic rings. The molecule has 2 saturated heterocycles. The van der Waals surface area contributed by atoms with Crippen molar-refractivity contribution in [1.82, 2.24) is 14.5 Å². The van der Waals surface area contributed by atoms with Crippen LogP contribution in [0.4, 0.5) is 4.39 Å². The standard InChI is InChI=1S/C28H29FN4O4/c1-19-14-32(18-30-19)24-8-3-20(12-25(24)35-2)11-21-13-27(9-10-36-17-27)15-33-26(21)31-37-28(33,16-34)22-4-6-23(29)7-5-22/h3-8,11-12,14,18,34H,9-10,13,15-17H2,1-2H3. The lowest BCUT2D eigenvalue weighted by Crippen LogP contribution is -2.56. The van der Waals surface area contributed by atoms with Gasteiger partial charge >= 0.3 is 0 Å². The normalized spacial score (nSPS) is 25.9. The first-order valence-electron chi connectivity index (χ1n) is 12.3. The van der Waals surface area contributed by atoms with Gasteiger partial charge < -0.3 is 28.9 Å². The lowest BCUT2D eigenvalue weighted by molar-refractivity contribution is -0.146. The van der Waals surface area contributed by atoms with E-state index in [0.717, 1.165) is 41.1 Å². The van der Waals surface area contributed by atoms with Gasteiger partial charge in [0.2, 0.25) is 0 Å². The van der Waals surface area contributed by atoms with Gasteiger partial charge in [0.15, 0.2) is 5.84 Å². The van der Waals surface area contributed by atoms with E-state index >= 15 is 0 Å². The number of amidine groups is 1. The van der Waals surface area contributed by atoms with E-state index in [0.29, 0.717) is 31.2 Å². The Morgan fingerprint density at radius 3 is 2.73 bits per heavy atom. The third-order valence-corrected chi connectivity index (χ3v) is 7.55. The number of aliphatic hydroxyl groups is 1. The summed E-state index contributed by atoms with van der Waals surface area (Å²) in [6.45, 7) is 3.53. The maximum absolute atomic E-state index is 13.7. The molecular formula is C28H29FN4O4. The van der Waals surface area contributed by atoms with E-state index < -0.39 is 5.72 Å². The van der Waals surface area contributed by atoms with Crippen molar-refractivity contribution in [2.24, 2.45) is 10.6 Å². The first-order valence-corrected chi connectivity index (χ1v) is 12.3. The van der Waals surface area contributed by atoms with Gasteiger partial charge in [0.05, 0.1) is 31.4 Å². The summed E-state index contributed by atoms with van der Waals surface area (Å²) in [6, 6.07) is 12.1. The molecule has 37 heavy (non-hydrogen) atoms. The molecule has 3 aromatic rings. The van der Waals surface area contributed by atoms with Gasteiger partial charge in [-0.05, 0) is 73.4 Å². The molecule has 0 saturated carbocycles. The molecular weight excluding hydrogens is 475 g/mol. The van der Waals surface area contributed by atoms with Crippen LogP contribution in [0.25, 0.3) is 11.8 Å². The monoisotopic (exact) mass is 504 g/mol. The summed E-state index contributed by atoms with van der Waals surface area (Å²) in [6.07, 6.45) is 7.47. The van der Waals surface area contributed by atoms with Gasteiger partial charge in [0, 0.05) is 30.3 Å². The molecule has 0 bridgehead atoms. The summed E-state index contributed by atoms with van der Waals surface area (Å²) >= 11 is 0. The minimum atomic E-state index is -1.22. The van der Waals surface area contributed by atoms with E-state index in [9.17, 15) is 9.50 Å². The Morgan fingerprint density at radius 1 is 1.22 bits per heavy atom. The van der Waals surface area contributed by atoms with Crippen LogP contribution < -0.4 is 4.74 Å². The zero-order valence-electron chi connectivity index (χ0n) is 20.9. The number of hydrogen-bond acceptors (Lipinski definition) is 7. The molecule has 8 nitrogen and oxygen atoms in total. The number of oxime groups is 1. The van der Waals surface area contributed by atoms with Gasteiger partial charge in [-0.15, -0.1) is 0 Å². The highest BCUT2D eigenvalue weighted by Crippen LogP contribution is 2.48. The van der Waals surface area contributed by atoms with Crippen LogP contribution in [-0.4, -0.2) is 58.9 Å². The molecule has 192 valence electrons. The lowest BCUT2D eigenvalue weighted by Gasteiger charge is -2.45. The Hall–Kier alpha value is -3.69. The first kappa shape index (κ1) is 23.7. The molecule has 9 heteroatoms. The molecule has 0 radical (unpaired) electrons.